The standard InChI is InChI=1S/C20H32FN3O/c1-2-22-19(23-13-9-17-7-6-8-18(21)15-17)24-16-20(12-14-25)10-4-3-5-11-20/h6-8,15,25H,2-5,9-14,16H2,1H3,(H2,22,23,24). The normalized spacial score (nSPS) is 17.3. The van der Waals surface area contributed by atoms with Crippen LogP contribution < -0.4 is 10.6 Å². The van der Waals surface area contributed by atoms with Crippen LogP contribution >= 0.6 is 0 Å². The highest BCUT2D eigenvalue weighted by Gasteiger charge is 2.31. The summed E-state index contributed by atoms with van der Waals surface area (Å²) >= 11 is 0. The number of aliphatic hydroxyl groups is 1. The number of hydrogen-bond acceptors (Lipinski definition) is 2. The van der Waals surface area contributed by atoms with Gasteiger partial charge in [-0.15, -0.1) is 0 Å². The van der Waals surface area contributed by atoms with Crippen molar-refractivity contribution in [3.63, 3.8) is 0 Å². The lowest BCUT2D eigenvalue weighted by molar-refractivity contribution is 0.137. The number of benzene rings is 1. The van der Waals surface area contributed by atoms with E-state index in [0.29, 0.717) is 6.54 Å². The largest absolute Gasteiger partial charge is 0.396 e. The summed E-state index contributed by atoms with van der Waals surface area (Å²) in [7, 11) is 0. The highest BCUT2D eigenvalue weighted by molar-refractivity contribution is 5.79. The Kier molecular flexibility index (Phi) is 8.19. The summed E-state index contributed by atoms with van der Waals surface area (Å²) in [5.41, 5.74) is 1.13. The molecule has 0 aromatic heterocycles. The zero-order valence-electron chi connectivity index (χ0n) is 15.4. The van der Waals surface area contributed by atoms with E-state index in [0.717, 1.165) is 50.3 Å². The molecule has 4 nitrogen and oxygen atoms in total. The van der Waals surface area contributed by atoms with Gasteiger partial charge in [0.2, 0.25) is 0 Å². The maximum absolute atomic E-state index is 13.2. The summed E-state index contributed by atoms with van der Waals surface area (Å²) in [5, 5.41) is 16.1. The van der Waals surface area contributed by atoms with Crippen molar-refractivity contribution in [1.82, 2.24) is 10.6 Å². The maximum Gasteiger partial charge on any atom is 0.191 e. The van der Waals surface area contributed by atoms with Gasteiger partial charge >= 0.3 is 0 Å². The van der Waals surface area contributed by atoms with Crippen LogP contribution in [0.3, 0.4) is 0 Å². The quantitative estimate of drug-likeness (QED) is 0.499. The van der Waals surface area contributed by atoms with Crippen LogP contribution in [0.5, 0.6) is 0 Å². The van der Waals surface area contributed by atoms with Crippen LogP contribution in [-0.2, 0) is 6.42 Å². The molecule has 1 aliphatic carbocycles. The minimum Gasteiger partial charge on any atom is -0.396 e. The third-order valence-electron chi connectivity index (χ3n) is 5.07. The molecule has 0 radical (unpaired) electrons. The van der Waals surface area contributed by atoms with E-state index in [1.807, 2.05) is 13.0 Å². The van der Waals surface area contributed by atoms with Crippen molar-refractivity contribution in [2.75, 3.05) is 26.2 Å². The number of aliphatic imine (C=N–C) groups is 1. The molecule has 1 aliphatic rings. The van der Waals surface area contributed by atoms with Crippen molar-refractivity contribution >= 4 is 5.96 Å². The van der Waals surface area contributed by atoms with Crippen molar-refractivity contribution in [3.05, 3.63) is 35.6 Å². The second-order valence-electron chi connectivity index (χ2n) is 7.04. The minimum atomic E-state index is -0.193. The first kappa shape index (κ1) is 19.7. The lowest BCUT2D eigenvalue weighted by Gasteiger charge is -2.35. The van der Waals surface area contributed by atoms with E-state index in [1.54, 1.807) is 12.1 Å². The summed E-state index contributed by atoms with van der Waals surface area (Å²) in [6, 6.07) is 6.72. The fourth-order valence-electron chi connectivity index (χ4n) is 3.63. The number of rotatable bonds is 8. The number of halogens is 1. The van der Waals surface area contributed by atoms with Gasteiger partial charge < -0.3 is 15.7 Å². The summed E-state index contributed by atoms with van der Waals surface area (Å²) in [4.78, 5) is 4.79. The Balaban J connectivity index is 1.90. The van der Waals surface area contributed by atoms with Crippen LogP contribution in [0, 0.1) is 11.2 Å². The fraction of sp³-hybridized carbons (Fsp3) is 0.650. The number of guanidine groups is 1. The summed E-state index contributed by atoms with van der Waals surface area (Å²) < 4.78 is 13.2. The first-order chi connectivity index (χ1) is 12.2. The molecule has 25 heavy (non-hydrogen) atoms. The van der Waals surface area contributed by atoms with E-state index in [2.05, 4.69) is 10.6 Å². The van der Waals surface area contributed by atoms with Crippen molar-refractivity contribution in [1.29, 1.82) is 0 Å². The molecule has 0 aliphatic heterocycles. The van der Waals surface area contributed by atoms with E-state index in [9.17, 15) is 9.50 Å². The lowest BCUT2D eigenvalue weighted by Crippen LogP contribution is -2.40. The molecule has 3 N–H and O–H groups in total. The van der Waals surface area contributed by atoms with Crippen molar-refractivity contribution in [2.45, 2.75) is 51.9 Å². The van der Waals surface area contributed by atoms with E-state index < -0.39 is 0 Å². The molecular weight excluding hydrogens is 317 g/mol. The summed E-state index contributed by atoms with van der Waals surface area (Å²) in [6.45, 7) is 4.55. The Morgan fingerprint density at radius 2 is 2.04 bits per heavy atom. The SMILES string of the molecule is CCNC(=NCC1(CCO)CCCCC1)NCCc1cccc(F)c1. The zero-order valence-corrected chi connectivity index (χ0v) is 15.4. The summed E-state index contributed by atoms with van der Waals surface area (Å²) in [5.74, 6) is 0.614. The van der Waals surface area contributed by atoms with Gasteiger partial charge in [-0.05, 0) is 55.7 Å². The molecule has 0 bridgehead atoms. The minimum absolute atomic E-state index is 0.151. The molecule has 0 atom stereocenters. The Bertz CT molecular complexity index is 536. The Morgan fingerprint density at radius 1 is 1.24 bits per heavy atom. The van der Waals surface area contributed by atoms with Gasteiger partial charge in [0.25, 0.3) is 0 Å². The molecular formula is C20H32FN3O. The van der Waals surface area contributed by atoms with E-state index >= 15 is 0 Å². The lowest BCUT2D eigenvalue weighted by atomic mass is 9.72. The monoisotopic (exact) mass is 349 g/mol. The topological polar surface area (TPSA) is 56.7 Å². The average Bonchev–Trinajstić information content (AvgIpc) is 2.61. The summed E-state index contributed by atoms with van der Waals surface area (Å²) in [6.07, 6.45) is 7.66. The zero-order chi connectivity index (χ0) is 18.0. The predicted molar refractivity (Wildman–Crippen MR) is 101 cm³/mol. The molecule has 2 rings (SSSR count). The van der Waals surface area contributed by atoms with Crippen molar-refractivity contribution in [2.24, 2.45) is 10.4 Å². The third-order valence-corrected chi connectivity index (χ3v) is 5.07. The molecule has 0 heterocycles. The van der Waals surface area contributed by atoms with Gasteiger partial charge in [0.15, 0.2) is 5.96 Å². The molecule has 0 unspecified atom stereocenters. The highest BCUT2D eigenvalue weighted by Crippen LogP contribution is 2.39. The third kappa shape index (κ3) is 6.65. The van der Waals surface area contributed by atoms with Crippen LogP contribution in [0.4, 0.5) is 4.39 Å². The van der Waals surface area contributed by atoms with E-state index in [-0.39, 0.29) is 17.8 Å². The Hall–Kier alpha value is -1.62. The van der Waals surface area contributed by atoms with Crippen LogP contribution in [0.2, 0.25) is 0 Å². The van der Waals surface area contributed by atoms with Gasteiger partial charge in [-0.2, -0.15) is 0 Å². The van der Waals surface area contributed by atoms with Gasteiger partial charge in [0.05, 0.1) is 0 Å². The second kappa shape index (κ2) is 10.4. The van der Waals surface area contributed by atoms with E-state index in [1.165, 1.54) is 25.3 Å². The number of nitrogens with zero attached hydrogens (tertiary/aromatic N) is 1. The van der Waals surface area contributed by atoms with Crippen molar-refractivity contribution in [3.8, 4) is 0 Å². The molecule has 0 saturated heterocycles. The molecule has 1 fully saturated rings. The fourth-order valence-corrected chi connectivity index (χ4v) is 3.63. The number of nitrogens with one attached hydrogen (secondary N) is 2. The van der Waals surface area contributed by atoms with Gasteiger partial charge in [-0.1, -0.05) is 31.4 Å². The van der Waals surface area contributed by atoms with Crippen molar-refractivity contribution < 1.29 is 9.50 Å². The van der Waals surface area contributed by atoms with E-state index in [4.69, 9.17) is 4.99 Å². The van der Waals surface area contributed by atoms with Gasteiger partial charge in [0.1, 0.15) is 5.82 Å². The highest BCUT2D eigenvalue weighted by atomic mass is 19.1. The molecule has 1 saturated carbocycles. The van der Waals surface area contributed by atoms with Gasteiger partial charge in [0, 0.05) is 26.2 Å². The Labute approximate surface area is 150 Å². The smallest absolute Gasteiger partial charge is 0.191 e. The van der Waals surface area contributed by atoms with Gasteiger partial charge in [-0.3, -0.25) is 4.99 Å². The number of hydrogen-bond donors (Lipinski definition) is 3. The van der Waals surface area contributed by atoms with Crippen LogP contribution in [0.1, 0.15) is 51.0 Å². The predicted octanol–water partition coefficient (Wildman–Crippen LogP) is 3.26. The van der Waals surface area contributed by atoms with Crippen LogP contribution in [0.15, 0.2) is 29.3 Å². The molecule has 5 heteroatoms. The molecule has 1 aromatic carbocycles. The average molecular weight is 349 g/mol. The van der Waals surface area contributed by atoms with Gasteiger partial charge in [-0.25, -0.2) is 4.39 Å². The first-order valence-corrected chi connectivity index (χ1v) is 9.55. The number of aliphatic hydroxyl groups excluding tert-OH is 1. The van der Waals surface area contributed by atoms with Crippen LogP contribution in [0.25, 0.3) is 0 Å². The van der Waals surface area contributed by atoms with Crippen LogP contribution in [-0.4, -0.2) is 37.3 Å². The molecule has 1 aromatic rings. The second-order valence-corrected chi connectivity index (χ2v) is 7.04. The maximum atomic E-state index is 13.2. The Morgan fingerprint density at radius 3 is 2.72 bits per heavy atom. The molecule has 140 valence electrons. The molecule has 0 amide bonds. The first-order valence-electron chi connectivity index (χ1n) is 9.55. The molecule has 0 spiro atoms.